The predicted octanol–water partition coefficient (Wildman–Crippen LogP) is 2.39. The molecular weight excluding hydrogens is 272 g/mol. The molecule has 2 rings (SSSR count). The molecule has 1 fully saturated rings. The number of thiazole rings is 1. The van der Waals surface area contributed by atoms with Gasteiger partial charge in [-0.05, 0) is 19.4 Å². The van der Waals surface area contributed by atoms with Crippen molar-refractivity contribution in [3.63, 3.8) is 0 Å². The van der Waals surface area contributed by atoms with Crippen LogP contribution in [0.5, 0.6) is 0 Å². The number of nitrogens with one attached hydrogen (secondary N) is 2. The van der Waals surface area contributed by atoms with E-state index >= 15 is 0 Å². The molecule has 1 atom stereocenters. The highest BCUT2D eigenvalue weighted by atomic mass is 32.1. The maximum Gasteiger partial charge on any atom is 0.243 e. The van der Waals surface area contributed by atoms with E-state index in [0.29, 0.717) is 10.0 Å². The molecule has 6 heteroatoms. The molecule has 0 saturated carbocycles. The summed E-state index contributed by atoms with van der Waals surface area (Å²) in [6.07, 6.45) is 3.04. The molecule has 0 bridgehead atoms. The van der Waals surface area contributed by atoms with Gasteiger partial charge in [0.15, 0.2) is 5.13 Å². The number of aromatic nitrogens is 1. The fourth-order valence-electron chi connectivity index (χ4n) is 2.23. The molecule has 1 aliphatic heterocycles. The first-order chi connectivity index (χ1) is 9.41. The first kappa shape index (κ1) is 14.9. The number of piperidine rings is 1. The van der Waals surface area contributed by atoms with Crippen LogP contribution in [-0.4, -0.2) is 23.5 Å². The minimum absolute atomic E-state index is 0.0524. The summed E-state index contributed by atoms with van der Waals surface area (Å²) in [4.78, 5) is 17.1. The first-order valence-corrected chi connectivity index (χ1v) is 7.69. The van der Waals surface area contributed by atoms with Crippen molar-refractivity contribution in [1.82, 2.24) is 10.3 Å². The van der Waals surface area contributed by atoms with Gasteiger partial charge in [0.1, 0.15) is 10.9 Å². The van der Waals surface area contributed by atoms with Gasteiger partial charge in [-0.1, -0.05) is 38.5 Å². The summed E-state index contributed by atoms with van der Waals surface area (Å²) in [7, 11) is 0. The van der Waals surface area contributed by atoms with E-state index in [-0.39, 0.29) is 17.4 Å². The van der Waals surface area contributed by atoms with Gasteiger partial charge in [0.25, 0.3) is 0 Å². The normalized spacial score (nSPS) is 19.4. The van der Waals surface area contributed by atoms with Gasteiger partial charge in [0.05, 0.1) is 11.7 Å². The fraction of sp³-hybridized carbons (Fsp3) is 0.643. The highest BCUT2D eigenvalue weighted by Gasteiger charge is 2.26. The van der Waals surface area contributed by atoms with Gasteiger partial charge in [0.2, 0.25) is 5.91 Å². The largest absolute Gasteiger partial charge is 0.306 e. The summed E-state index contributed by atoms with van der Waals surface area (Å²) in [5, 5.41) is 15.7. The van der Waals surface area contributed by atoms with Crippen LogP contribution in [0.2, 0.25) is 0 Å². The number of nitriles is 1. The highest BCUT2D eigenvalue weighted by Crippen LogP contribution is 2.31. The Morgan fingerprint density at radius 2 is 2.25 bits per heavy atom. The monoisotopic (exact) mass is 292 g/mol. The highest BCUT2D eigenvalue weighted by molar-refractivity contribution is 7.16. The number of carbonyl (C=O) groups excluding carboxylic acids is 1. The molecule has 1 aromatic heterocycles. The Morgan fingerprint density at radius 3 is 2.75 bits per heavy atom. The molecule has 0 aliphatic carbocycles. The van der Waals surface area contributed by atoms with Crippen LogP contribution >= 0.6 is 11.3 Å². The van der Waals surface area contributed by atoms with Gasteiger partial charge in [-0.3, -0.25) is 4.79 Å². The zero-order chi connectivity index (χ0) is 14.8. The minimum Gasteiger partial charge on any atom is -0.306 e. The maximum atomic E-state index is 12.1. The van der Waals surface area contributed by atoms with E-state index in [2.05, 4.69) is 21.7 Å². The Labute approximate surface area is 123 Å². The molecular formula is C14H20N4OS. The van der Waals surface area contributed by atoms with E-state index in [9.17, 15) is 10.1 Å². The topological polar surface area (TPSA) is 77.8 Å². The molecule has 0 radical (unpaired) electrons. The molecule has 108 valence electrons. The van der Waals surface area contributed by atoms with Gasteiger partial charge in [-0.2, -0.15) is 5.26 Å². The quantitative estimate of drug-likeness (QED) is 0.877. The van der Waals surface area contributed by atoms with E-state index in [0.717, 1.165) is 31.5 Å². The summed E-state index contributed by atoms with van der Waals surface area (Å²) in [5.74, 6) is -0.0524. The molecule has 0 aromatic carbocycles. The number of anilines is 1. The van der Waals surface area contributed by atoms with Gasteiger partial charge in [-0.15, -0.1) is 0 Å². The lowest BCUT2D eigenvalue weighted by atomic mass is 9.91. The van der Waals surface area contributed by atoms with Crippen molar-refractivity contribution in [3.8, 4) is 6.07 Å². The molecule has 1 aromatic rings. The molecule has 2 N–H and O–H groups in total. The Kier molecular flexibility index (Phi) is 4.41. The molecule has 20 heavy (non-hydrogen) atoms. The summed E-state index contributed by atoms with van der Waals surface area (Å²) < 4.78 is 0. The average molecular weight is 292 g/mol. The Morgan fingerprint density at radius 1 is 1.50 bits per heavy atom. The molecule has 1 unspecified atom stereocenters. The third-order valence-corrected chi connectivity index (χ3v) is 4.17. The Bertz CT molecular complexity index is 532. The van der Waals surface area contributed by atoms with Crippen molar-refractivity contribution in [2.24, 2.45) is 0 Å². The number of nitrogens with zero attached hydrogens (tertiary/aromatic N) is 2. The van der Waals surface area contributed by atoms with E-state index in [4.69, 9.17) is 0 Å². The summed E-state index contributed by atoms with van der Waals surface area (Å²) in [6.45, 7) is 6.91. The number of hydrogen-bond acceptors (Lipinski definition) is 5. The van der Waals surface area contributed by atoms with Crippen molar-refractivity contribution in [2.75, 3.05) is 11.9 Å². The SMILES string of the molecule is CC(C)(C)c1nc(NC(=O)C2CCCCN2)sc1C#N. The van der Waals surface area contributed by atoms with Crippen LogP contribution in [0.25, 0.3) is 0 Å². The minimum atomic E-state index is -0.201. The van der Waals surface area contributed by atoms with Crippen molar-refractivity contribution >= 4 is 22.4 Å². The molecule has 5 nitrogen and oxygen atoms in total. The van der Waals surface area contributed by atoms with E-state index in [1.807, 2.05) is 20.8 Å². The van der Waals surface area contributed by atoms with Crippen LogP contribution in [0.1, 0.15) is 50.6 Å². The fourth-order valence-corrected chi connectivity index (χ4v) is 3.20. The van der Waals surface area contributed by atoms with E-state index in [1.54, 1.807) is 0 Å². The van der Waals surface area contributed by atoms with Gasteiger partial charge >= 0.3 is 0 Å². The zero-order valence-electron chi connectivity index (χ0n) is 12.1. The van der Waals surface area contributed by atoms with Crippen LogP contribution in [0.3, 0.4) is 0 Å². The summed E-state index contributed by atoms with van der Waals surface area (Å²) in [6, 6.07) is 2.02. The summed E-state index contributed by atoms with van der Waals surface area (Å²) >= 11 is 1.25. The smallest absolute Gasteiger partial charge is 0.243 e. The van der Waals surface area contributed by atoms with Gasteiger partial charge in [0, 0.05) is 5.41 Å². The van der Waals surface area contributed by atoms with Gasteiger partial charge in [-0.25, -0.2) is 4.98 Å². The van der Waals surface area contributed by atoms with Crippen LogP contribution in [0, 0.1) is 11.3 Å². The second kappa shape index (κ2) is 5.90. The molecule has 1 saturated heterocycles. The zero-order valence-corrected chi connectivity index (χ0v) is 12.9. The van der Waals surface area contributed by atoms with Crippen LogP contribution in [0.4, 0.5) is 5.13 Å². The lowest BCUT2D eigenvalue weighted by molar-refractivity contribution is -0.118. The van der Waals surface area contributed by atoms with Crippen molar-refractivity contribution in [2.45, 2.75) is 51.5 Å². The maximum absolute atomic E-state index is 12.1. The van der Waals surface area contributed by atoms with Crippen molar-refractivity contribution < 1.29 is 4.79 Å². The van der Waals surface area contributed by atoms with Crippen molar-refractivity contribution in [1.29, 1.82) is 5.26 Å². The summed E-state index contributed by atoms with van der Waals surface area (Å²) in [5.41, 5.74) is 0.546. The number of amides is 1. The Hall–Kier alpha value is -1.45. The number of hydrogen-bond donors (Lipinski definition) is 2. The molecule has 1 aliphatic rings. The average Bonchev–Trinajstić information content (AvgIpc) is 2.83. The third kappa shape index (κ3) is 3.35. The van der Waals surface area contributed by atoms with Crippen LogP contribution in [-0.2, 0) is 10.2 Å². The standard InChI is InChI=1S/C14H20N4OS/c1-14(2,3)11-10(8-15)20-13(17-11)18-12(19)9-6-4-5-7-16-9/h9,16H,4-7H2,1-3H3,(H,17,18,19). The van der Waals surface area contributed by atoms with E-state index in [1.165, 1.54) is 11.3 Å². The second-order valence-corrected chi connectivity index (χ2v) is 7.05. The molecule has 1 amide bonds. The lowest BCUT2D eigenvalue weighted by Gasteiger charge is -2.21. The van der Waals surface area contributed by atoms with Gasteiger partial charge < -0.3 is 10.6 Å². The first-order valence-electron chi connectivity index (χ1n) is 6.87. The van der Waals surface area contributed by atoms with Crippen LogP contribution < -0.4 is 10.6 Å². The lowest BCUT2D eigenvalue weighted by Crippen LogP contribution is -2.43. The predicted molar refractivity (Wildman–Crippen MR) is 79.8 cm³/mol. The van der Waals surface area contributed by atoms with Crippen molar-refractivity contribution in [3.05, 3.63) is 10.6 Å². The number of carbonyl (C=O) groups is 1. The second-order valence-electron chi connectivity index (χ2n) is 6.05. The molecule has 0 spiro atoms. The van der Waals surface area contributed by atoms with E-state index < -0.39 is 0 Å². The molecule has 2 heterocycles. The van der Waals surface area contributed by atoms with Crippen LogP contribution in [0.15, 0.2) is 0 Å². The third-order valence-electron chi connectivity index (χ3n) is 3.30. The number of rotatable bonds is 2. The Balaban J connectivity index is 2.12.